The van der Waals surface area contributed by atoms with E-state index in [0.717, 1.165) is 24.4 Å². The Bertz CT molecular complexity index is 1150. The van der Waals surface area contributed by atoms with E-state index in [4.69, 9.17) is 4.74 Å². The molecule has 0 bridgehead atoms. The van der Waals surface area contributed by atoms with Gasteiger partial charge in [-0.2, -0.15) is 0 Å². The molecule has 0 radical (unpaired) electrons. The van der Waals surface area contributed by atoms with Gasteiger partial charge in [0.2, 0.25) is 0 Å². The Labute approximate surface area is 150 Å². The minimum Gasteiger partial charge on any atom is -0.454 e. The first-order valence-electron chi connectivity index (χ1n) is 7.63. The fourth-order valence-electron chi connectivity index (χ4n) is 2.38. The highest BCUT2D eigenvalue weighted by molar-refractivity contribution is 6.08. The van der Waals surface area contributed by atoms with Crippen LogP contribution >= 0.6 is 0 Å². The molecule has 134 valence electrons. The monoisotopic (exact) mass is 368 g/mol. The molecule has 4 aromatic rings. The molecule has 4 aromatic heterocycles. The third kappa shape index (κ3) is 3.54. The molecule has 0 aromatic carbocycles. The first-order valence-corrected chi connectivity index (χ1v) is 7.63. The minimum absolute atomic E-state index is 0.0401. The lowest BCUT2D eigenvalue weighted by atomic mass is 10.2. The summed E-state index contributed by atoms with van der Waals surface area (Å²) in [5.74, 6) is -1.27. The average molecular weight is 368 g/mol. The highest BCUT2D eigenvalue weighted by Crippen LogP contribution is 2.24. The Balaban J connectivity index is 1.69. The zero-order valence-corrected chi connectivity index (χ0v) is 13.5. The summed E-state index contributed by atoms with van der Waals surface area (Å²) in [5.41, 5.74) is 0.369. The van der Waals surface area contributed by atoms with Gasteiger partial charge in [0.25, 0.3) is 5.91 Å². The van der Waals surface area contributed by atoms with Gasteiger partial charge in [-0.1, -0.05) is 0 Å². The van der Waals surface area contributed by atoms with Gasteiger partial charge >= 0.3 is 0 Å². The van der Waals surface area contributed by atoms with Crippen molar-refractivity contribution in [3.8, 4) is 11.5 Å². The molecular formula is C17H10F2N6O2. The number of hydrogen-bond acceptors (Lipinski definition) is 6. The van der Waals surface area contributed by atoms with Gasteiger partial charge in [-0.05, 0) is 12.1 Å². The zero-order valence-electron chi connectivity index (χ0n) is 13.5. The van der Waals surface area contributed by atoms with Crippen LogP contribution in [0, 0.1) is 11.6 Å². The number of nitrogens with one attached hydrogen (secondary N) is 1. The van der Waals surface area contributed by atoms with Crippen LogP contribution in [-0.2, 0) is 0 Å². The van der Waals surface area contributed by atoms with E-state index in [0.29, 0.717) is 0 Å². The maximum absolute atomic E-state index is 13.3. The fourth-order valence-corrected chi connectivity index (χ4v) is 2.38. The van der Waals surface area contributed by atoms with Crippen LogP contribution in [0.1, 0.15) is 10.4 Å². The second-order valence-corrected chi connectivity index (χ2v) is 5.41. The number of aromatic nitrogens is 5. The maximum atomic E-state index is 13.3. The highest BCUT2D eigenvalue weighted by Gasteiger charge is 2.16. The van der Waals surface area contributed by atoms with Crippen molar-refractivity contribution < 1.29 is 18.3 Å². The molecule has 0 aliphatic carbocycles. The standard InChI is InChI=1S/C17H10F2N6O2/c18-10-1-2-21-15(4-10)23-17(26)14-5-13(8-25-9-22-24-16(14)25)27-12-3-11(19)6-20-7-12/h1-9H,(H,21,23,26). The van der Waals surface area contributed by atoms with Gasteiger partial charge in [0, 0.05) is 18.3 Å². The van der Waals surface area contributed by atoms with Crippen molar-refractivity contribution in [2.24, 2.45) is 0 Å². The molecule has 8 nitrogen and oxygen atoms in total. The quantitative estimate of drug-likeness (QED) is 0.595. The van der Waals surface area contributed by atoms with Crippen molar-refractivity contribution in [2.45, 2.75) is 0 Å². The molecule has 4 rings (SSSR count). The number of anilines is 1. The number of carbonyl (C=O) groups excluding carboxylic acids is 1. The maximum Gasteiger partial charge on any atom is 0.260 e. The number of fused-ring (bicyclic) bond motifs is 1. The molecule has 0 saturated carbocycles. The average Bonchev–Trinajstić information content (AvgIpc) is 3.09. The van der Waals surface area contributed by atoms with Crippen LogP contribution in [0.25, 0.3) is 5.65 Å². The molecule has 0 aliphatic heterocycles. The lowest BCUT2D eigenvalue weighted by molar-refractivity contribution is 0.102. The predicted octanol–water partition coefficient (Wildman–Crippen LogP) is 2.84. The number of nitrogens with zero attached hydrogens (tertiary/aromatic N) is 5. The summed E-state index contributed by atoms with van der Waals surface area (Å²) in [5, 5.41) is 10.1. The number of amides is 1. The predicted molar refractivity (Wildman–Crippen MR) is 89.4 cm³/mol. The third-order valence-electron chi connectivity index (χ3n) is 3.49. The van der Waals surface area contributed by atoms with Crippen LogP contribution in [0.5, 0.6) is 11.5 Å². The van der Waals surface area contributed by atoms with Gasteiger partial charge in [-0.25, -0.2) is 13.8 Å². The largest absolute Gasteiger partial charge is 0.454 e. The van der Waals surface area contributed by atoms with Crippen molar-refractivity contribution >= 4 is 17.4 Å². The summed E-state index contributed by atoms with van der Waals surface area (Å²) in [6.45, 7) is 0. The summed E-state index contributed by atoms with van der Waals surface area (Å²) in [7, 11) is 0. The molecule has 0 fully saturated rings. The van der Waals surface area contributed by atoms with Crippen molar-refractivity contribution in [2.75, 3.05) is 5.32 Å². The van der Waals surface area contributed by atoms with Gasteiger partial charge in [-0.3, -0.25) is 14.2 Å². The van der Waals surface area contributed by atoms with E-state index < -0.39 is 17.5 Å². The molecule has 0 aliphatic rings. The molecule has 4 heterocycles. The van der Waals surface area contributed by atoms with E-state index in [2.05, 4.69) is 25.5 Å². The Morgan fingerprint density at radius 2 is 2.00 bits per heavy atom. The second kappa shape index (κ2) is 6.75. The Kier molecular flexibility index (Phi) is 4.13. The number of hydrogen-bond donors (Lipinski definition) is 1. The minimum atomic E-state index is -0.589. The van der Waals surface area contributed by atoms with Crippen LogP contribution < -0.4 is 10.1 Å². The molecule has 0 spiro atoms. The van der Waals surface area contributed by atoms with Crippen LogP contribution in [0.3, 0.4) is 0 Å². The Morgan fingerprint density at radius 3 is 2.81 bits per heavy atom. The lowest BCUT2D eigenvalue weighted by Gasteiger charge is -2.09. The van der Waals surface area contributed by atoms with Gasteiger partial charge < -0.3 is 10.1 Å². The van der Waals surface area contributed by atoms with Gasteiger partial charge in [0.15, 0.2) is 5.65 Å². The molecule has 27 heavy (non-hydrogen) atoms. The lowest BCUT2D eigenvalue weighted by Crippen LogP contribution is -2.14. The highest BCUT2D eigenvalue weighted by atomic mass is 19.1. The normalized spacial score (nSPS) is 10.7. The first kappa shape index (κ1) is 16.5. The number of pyridine rings is 3. The summed E-state index contributed by atoms with van der Waals surface area (Å²) in [6.07, 6.45) is 6.51. The topological polar surface area (TPSA) is 94.3 Å². The van der Waals surface area contributed by atoms with E-state index in [-0.39, 0.29) is 28.5 Å². The number of carbonyl (C=O) groups is 1. The van der Waals surface area contributed by atoms with E-state index in [1.807, 2.05) is 0 Å². The van der Waals surface area contributed by atoms with Crippen LogP contribution in [0.15, 0.2) is 55.4 Å². The molecule has 0 atom stereocenters. The van der Waals surface area contributed by atoms with Crippen LogP contribution in [0.4, 0.5) is 14.6 Å². The van der Waals surface area contributed by atoms with E-state index in [9.17, 15) is 13.6 Å². The van der Waals surface area contributed by atoms with Gasteiger partial charge in [0.05, 0.1) is 24.2 Å². The number of ether oxygens (including phenoxy) is 1. The summed E-state index contributed by atoms with van der Waals surface area (Å²) >= 11 is 0. The van der Waals surface area contributed by atoms with Crippen molar-refractivity contribution in [1.29, 1.82) is 0 Å². The number of rotatable bonds is 4. The smallest absolute Gasteiger partial charge is 0.260 e. The van der Waals surface area contributed by atoms with E-state index >= 15 is 0 Å². The molecule has 1 amide bonds. The SMILES string of the molecule is O=C(Nc1cc(F)ccn1)c1cc(Oc2cncc(F)c2)cn2cnnc12. The van der Waals surface area contributed by atoms with E-state index in [1.165, 1.54) is 35.4 Å². The summed E-state index contributed by atoms with van der Waals surface area (Å²) in [6, 6.07) is 4.80. The van der Waals surface area contributed by atoms with Crippen LogP contribution in [-0.4, -0.2) is 30.5 Å². The van der Waals surface area contributed by atoms with Crippen LogP contribution in [0.2, 0.25) is 0 Å². The van der Waals surface area contributed by atoms with Crippen molar-refractivity contribution in [1.82, 2.24) is 24.6 Å². The molecule has 10 heteroatoms. The molecule has 0 saturated heterocycles. The second-order valence-electron chi connectivity index (χ2n) is 5.41. The first-order chi connectivity index (χ1) is 13.1. The zero-order chi connectivity index (χ0) is 18.8. The van der Waals surface area contributed by atoms with Crippen molar-refractivity contribution in [3.05, 3.63) is 72.6 Å². The molecular weight excluding hydrogens is 358 g/mol. The van der Waals surface area contributed by atoms with Gasteiger partial charge in [0.1, 0.15) is 35.3 Å². The molecule has 1 N–H and O–H groups in total. The van der Waals surface area contributed by atoms with Crippen molar-refractivity contribution in [3.63, 3.8) is 0 Å². The molecule has 0 unspecified atom stereocenters. The Morgan fingerprint density at radius 1 is 1.11 bits per heavy atom. The Hall–Kier alpha value is -3.95. The summed E-state index contributed by atoms with van der Waals surface area (Å²) in [4.78, 5) is 20.2. The number of halogens is 2. The van der Waals surface area contributed by atoms with Gasteiger partial charge in [-0.15, -0.1) is 10.2 Å². The third-order valence-corrected chi connectivity index (χ3v) is 3.49. The fraction of sp³-hybridized carbons (Fsp3) is 0. The summed E-state index contributed by atoms with van der Waals surface area (Å²) < 4.78 is 33.6. The van der Waals surface area contributed by atoms with E-state index in [1.54, 1.807) is 0 Å².